The standard InChI is InChI=1S/C12H13N5O3S/c18-12-13-5-6-17(12)10-3-1-9(2-4-10)16-21(19,20)11-7-14-15-8-11/h1-4,7-8,16H,5-6H2,(H,13,18)(H,14,15). The van der Waals surface area contributed by atoms with Crippen molar-refractivity contribution in [3.05, 3.63) is 36.7 Å². The molecule has 8 nitrogen and oxygen atoms in total. The van der Waals surface area contributed by atoms with Gasteiger partial charge in [-0.05, 0) is 24.3 Å². The second kappa shape index (κ2) is 5.09. The maximum atomic E-state index is 12.0. The molecule has 1 aromatic carbocycles. The average Bonchev–Trinajstić information content (AvgIpc) is 3.10. The molecule has 1 aliphatic heterocycles. The molecule has 0 spiro atoms. The highest BCUT2D eigenvalue weighted by atomic mass is 32.2. The average molecular weight is 307 g/mol. The van der Waals surface area contributed by atoms with E-state index < -0.39 is 10.0 Å². The summed E-state index contributed by atoms with van der Waals surface area (Å²) in [7, 11) is -3.65. The molecule has 0 aliphatic carbocycles. The maximum absolute atomic E-state index is 12.0. The minimum atomic E-state index is -3.65. The quantitative estimate of drug-likeness (QED) is 0.774. The van der Waals surface area contributed by atoms with Crippen LogP contribution >= 0.6 is 0 Å². The monoisotopic (exact) mass is 307 g/mol. The number of aromatic amines is 1. The highest BCUT2D eigenvalue weighted by Gasteiger charge is 2.21. The van der Waals surface area contributed by atoms with Gasteiger partial charge in [0.05, 0.1) is 6.20 Å². The van der Waals surface area contributed by atoms with Gasteiger partial charge in [0.15, 0.2) is 0 Å². The van der Waals surface area contributed by atoms with E-state index in [1.165, 1.54) is 12.4 Å². The van der Waals surface area contributed by atoms with E-state index in [0.717, 1.165) is 5.69 Å². The first-order valence-corrected chi connectivity index (χ1v) is 7.72. The highest BCUT2D eigenvalue weighted by Crippen LogP contribution is 2.21. The number of sulfonamides is 1. The zero-order valence-corrected chi connectivity index (χ0v) is 11.7. The number of amides is 2. The van der Waals surface area contributed by atoms with Crippen molar-refractivity contribution in [1.82, 2.24) is 15.5 Å². The van der Waals surface area contributed by atoms with E-state index in [4.69, 9.17) is 0 Å². The molecule has 3 N–H and O–H groups in total. The number of nitrogens with zero attached hydrogens (tertiary/aromatic N) is 2. The number of benzene rings is 1. The van der Waals surface area contributed by atoms with Crippen LogP contribution in [0.4, 0.5) is 16.2 Å². The zero-order chi connectivity index (χ0) is 14.9. The van der Waals surface area contributed by atoms with Crippen LogP contribution < -0.4 is 14.9 Å². The Labute approximate surface area is 121 Å². The maximum Gasteiger partial charge on any atom is 0.321 e. The molecule has 2 aromatic rings. The van der Waals surface area contributed by atoms with Crippen LogP contribution in [0.25, 0.3) is 0 Å². The Morgan fingerprint density at radius 1 is 1.24 bits per heavy atom. The molecule has 1 aromatic heterocycles. The van der Waals surface area contributed by atoms with Crippen LogP contribution in [0.15, 0.2) is 41.6 Å². The first-order chi connectivity index (χ1) is 10.1. The SMILES string of the molecule is O=C1NCCN1c1ccc(NS(=O)(=O)c2cn[nH]c2)cc1. The van der Waals surface area contributed by atoms with E-state index in [1.807, 2.05) is 0 Å². The van der Waals surface area contributed by atoms with Crippen LogP contribution in [-0.4, -0.2) is 37.7 Å². The minimum Gasteiger partial charge on any atom is -0.336 e. The van der Waals surface area contributed by atoms with E-state index in [1.54, 1.807) is 29.2 Å². The summed E-state index contributed by atoms with van der Waals surface area (Å²) in [5.74, 6) is 0. The van der Waals surface area contributed by atoms with Crippen molar-refractivity contribution in [2.24, 2.45) is 0 Å². The largest absolute Gasteiger partial charge is 0.336 e. The van der Waals surface area contributed by atoms with Crippen molar-refractivity contribution >= 4 is 27.4 Å². The van der Waals surface area contributed by atoms with Gasteiger partial charge in [-0.25, -0.2) is 13.2 Å². The third-order valence-corrected chi connectivity index (χ3v) is 4.42. The summed E-state index contributed by atoms with van der Waals surface area (Å²) in [6, 6.07) is 6.45. The lowest BCUT2D eigenvalue weighted by atomic mass is 10.2. The zero-order valence-electron chi connectivity index (χ0n) is 10.9. The Hall–Kier alpha value is -2.55. The van der Waals surface area contributed by atoms with E-state index in [2.05, 4.69) is 20.2 Å². The van der Waals surface area contributed by atoms with Crippen LogP contribution in [-0.2, 0) is 10.0 Å². The molecule has 1 saturated heterocycles. The molecule has 1 fully saturated rings. The summed E-state index contributed by atoms with van der Waals surface area (Å²) in [4.78, 5) is 13.2. The molecule has 2 heterocycles. The number of hydrogen-bond acceptors (Lipinski definition) is 4. The van der Waals surface area contributed by atoms with Crippen molar-refractivity contribution in [2.75, 3.05) is 22.7 Å². The molecule has 3 rings (SSSR count). The van der Waals surface area contributed by atoms with E-state index in [-0.39, 0.29) is 10.9 Å². The van der Waals surface area contributed by atoms with Crippen molar-refractivity contribution in [3.63, 3.8) is 0 Å². The third-order valence-electron chi connectivity index (χ3n) is 3.07. The summed E-state index contributed by atoms with van der Waals surface area (Å²) in [6.45, 7) is 1.20. The molecule has 0 saturated carbocycles. The first-order valence-electron chi connectivity index (χ1n) is 6.23. The molecule has 110 valence electrons. The molecule has 1 aliphatic rings. The van der Waals surface area contributed by atoms with E-state index >= 15 is 0 Å². The number of aromatic nitrogens is 2. The second-order valence-corrected chi connectivity index (χ2v) is 6.15. The summed E-state index contributed by atoms with van der Waals surface area (Å²) >= 11 is 0. The Morgan fingerprint density at radius 2 is 2.00 bits per heavy atom. The smallest absolute Gasteiger partial charge is 0.321 e. The fourth-order valence-corrected chi connectivity index (χ4v) is 2.99. The van der Waals surface area contributed by atoms with E-state index in [0.29, 0.717) is 18.8 Å². The third kappa shape index (κ3) is 2.68. The lowest BCUT2D eigenvalue weighted by Gasteiger charge is -2.14. The summed E-state index contributed by atoms with van der Waals surface area (Å²) in [6.07, 6.45) is 2.52. The van der Waals surface area contributed by atoms with Gasteiger partial charge < -0.3 is 5.32 Å². The van der Waals surface area contributed by atoms with Crippen molar-refractivity contribution in [3.8, 4) is 0 Å². The first kappa shape index (κ1) is 13.4. The Kier molecular flexibility index (Phi) is 3.26. The van der Waals surface area contributed by atoms with Crippen molar-refractivity contribution in [2.45, 2.75) is 4.90 Å². The lowest BCUT2D eigenvalue weighted by Crippen LogP contribution is -2.27. The normalized spacial score (nSPS) is 15.0. The fraction of sp³-hybridized carbons (Fsp3) is 0.167. The minimum absolute atomic E-state index is 0.0606. The predicted molar refractivity (Wildman–Crippen MR) is 76.6 cm³/mol. The Morgan fingerprint density at radius 3 is 2.57 bits per heavy atom. The molecular formula is C12H13N5O3S. The van der Waals surface area contributed by atoms with Crippen LogP contribution in [0.1, 0.15) is 0 Å². The van der Waals surface area contributed by atoms with Gasteiger partial charge in [-0.1, -0.05) is 0 Å². The second-order valence-electron chi connectivity index (χ2n) is 4.47. The van der Waals surface area contributed by atoms with Gasteiger partial charge in [-0.3, -0.25) is 14.7 Å². The molecule has 21 heavy (non-hydrogen) atoms. The van der Waals surface area contributed by atoms with Gasteiger partial charge in [-0.15, -0.1) is 0 Å². The van der Waals surface area contributed by atoms with E-state index in [9.17, 15) is 13.2 Å². The Bertz CT molecular complexity index is 740. The number of urea groups is 1. The van der Waals surface area contributed by atoms with Crippen molar-refractivity contribution < 1.29 is 13.2 Å². The number of hydrogen-bond donors (Lipinski definition) is 3. The molecule has 9 heteroatoms. The van der Waals surface area contributed by atoms with Gasteiger partial charge in [0.2, 0.25) is 0 Å². The van der Waals surface area contributed by atoms with Gasteiger partial charge in [-0.2, -0.15) is 5.10 Å². The van der Waals surface area contributed by atoms with Gasteiger partial charge >= 0.3 is 6.03 Å². The molecule has 0 bridgehead atoms. The summed E-state index contributed by atoms with van der Waals surface area (Å²) < 4.78 is 26.5. The van der Waals surface area contributed by atoms with Crippen molar-refractivity contribution in [1.29, 1.82) is 0 Å². The Balaban J connectivity index is 1.77. The van der Waals surface area contributed by atoms with Gasteiger partial charge in [0.25, 0.3) is 10.0 Å². The lowest BCUT2D eigenvalue weighted by molar-refractivity contribution is 0.252. The van der Waals surface area contributed by atoms with Gasteiger partial charge in [0.1, 0.15) is 4.90 Å². The molecule has 0 radical (unpaired) electrons. The highest BCUT2D eigenvalue weighted by molar-refractivity contribution is 7.92. The molecule has 0 unspecified atom stereocenters. The predicted octanol–water partition coefficient (Wildman–Crippen LogP) is 0.740. The fourth-order valence-electron chi connectivity index (χ4n) is 2.03. The van der Waals surface area contributed by atoms with Crippen LogP contribution in [0.2, 0.25) is 0 Å². The molecule has 2 amide bonds. The molecule has 0 atom stereocenters. The number of H-pyrrole nitrogens is 1. The van der Waals surface area contributed by atoms with Crippen LogP contribution in [0.5, 0.6) is 0 Å². The molecular weight excluding hydrogens is 294 g/mol. The van der Waals surface area contributed by atoms with Gasteiger partial charge in [0, 0.05) is 30.7 Å². The summed E-state index contributed by atoms with van der Waals surface area (Å²) in [5.41, 5.74) is 1.14. The topological polar surface area (TPSA) is 107 Å². The number of rotatable bonds is 4. The van der Waals surface area contributed by atoms with Crippen LogP contribution in [0, 0.1) is 0 Å². The summed E-state index contributed by atoms with van der Waals surface area (Å²) in [5, 5.41) is 8.77. The number of nitrogens with one attached hydrogen (secondary N) is 3. The number of carbonyl (C=O) groups excluding carboxylic acids is 1. The number of anilines is 2. The van der Waals surface area contributed by atoms with Crippen LogP contribution in [0.3, 0.4) is 0 Å². The number of carbonyl (C=O) groups is 1.